The van der Waals surface area contributed by atoms with Crippen LogP contribution in [0.5, 0.6) is 6.01 Å². The number of hydrogen-bond donors (Lipinski definition) is 0. The lowest BCUT2D eigenvalue weighted by molar-refractivity contribution is 0.177. The fourth-order valence-corrected chi connectivity index (χ4v) is 3.10. The van der Waals surface area contributed by atoms with Crippen LogP contribution in [0.25, 0.3) is 0 Å². The molecule has 1 saturated heterocycles. The molecule has 4 rings (SSSR count). The molecule has 0 aromatic carbocycles. The van der Waals surface area contributed by atoms with Crippen LogP contribution in [-0.2, 0) is 0 Å². The van der Waals surface area contributed by atoms with Gasteiger partial charge < -0.3 is 14.2 Å². The second-order valence-electron chi connectivity index (χ2n) is 6.24. The van der Waals surface area contributed by atoms with Crippen molar-refractivity contribution in [2.24, 2.45) is 0 Å². The van der Waals surface area contributed by atoms with E-state index in [2.05, 4.69) is 37.0 Å². The summed E-state index contributed by atoms with van der Waals surface area (Å²) in [5.41, 5.74) is 0. The molecule has 0 radical (unpaired) electrons. The lowest BCUT2D eigenvalue weighted by Gasteiger charge is -2.38. The first-order chi connectivity index (χ1) is 11.7. The molecule has 1 aliphatic carbocycles. The zero-order valence-corrected chi connectivity index (χ0v) is 14.4. The number of methoxy groups -OCH3 is 1. The van der Waals surface area contributed by atoms with Crippen LogP contribution in [0.4, 0.5) is 5.82 Å². The fourth-order valence-electron chi connectivity index (χ4n) is 2.89. The molecule has 0 amide bonds. The van der Waals surface area contributed by atoms with E-state index in [4.69, 9.17) is 20.9 Å². The van der Waals surface area contributed by atoms with Crippen molar-refractivity contribution in [2.45, 2.75) is 24.8 Å². The number of ether oxygens (including phenoxy) is 1. The molecule has 8 nitrogen and oxygen atoms in total. The maximum absolute atomic E-state index is 6.28. The van der Waals surface area contributed by atoms with Crippen LogP contribution in [0.3, 0.4) is 0 Å². The molecule has 2 aromatic heterocycles. The van der Waals surface area contributed by atoms with Crippen LogP contribution >= 0.6 is 11.6 Å². The predicted octanol–water partition coefficient (Wildman–Crippen LogP) is 1.89. The van der Waals surface area contributed by atoms with Crippen LogP contribution in [0.15, 0.2) is 10.7 Å². The molecule has 1 atom stereocenters. The van der Waals surface area contributed by atoms with E-state index in [1.807, 2.05) is 0 Å². The molecule has 3 heterocycles. The van der Waals surface area contributed by atoms with Crippen LogP contribution in [-0.4, -0.2) is 58.8 Å². The van der Waals surface area contributed by atoms with Crippen molar-refractivity contribution in [2.75, 3.05) is 38.7 Å². The maximum atomic E-state index is 6.28. The van der Waals surface area contributed by atoms with Gasteiger partial charge in [0.15, 0.2) is 11.6 Å². The third-order valence-corrected chi connectivity index (χ3v) is 4.79. The third-order valence-electron chi connectivity index (χ3n) is 4.52. The first kappa shape index (κ1) is 15.6. The Morgan fingerprint density at radius 1 is 1.29 bits per heavy atom. The van der Waals surface area contributed by atoms with Crippen molar-refractivity contribution >= 4 is 17.4 Å². The lowest BCUT2D eigenvalue weighted by Crippen LogP contribution is -2.47. The molecule has 2 fully saturated rings. The summed E-state index contributed by atoms with van der Waals surface area (Å²) in [7, 11) is 3.60. The number of rotatable bonds is 4. The van der Waals surface area contributed by atoms with Gasteiger partial charge in [-0.1, -0.05) is 16.8 Å². The van der Waals surface area contributed by atoms with Crippen molar-refractivity contribution < 1.29 is 9.26 Å². The Bertz CT molecular complexity index is 735. The Hall–Kier alpha value is -1.93. The number of hydrogen-bond acceptors (Lipinski definition) is 8. The first-order valence-corrected chi connectivity index (χ1v) is 8.38. The summed E-state index contributed by atoms with van der Waals surface area (Å²) in [6, 6.07) is 0.314. The quantitative estimate of drug-likeness (QED) is 0.827. The first-order valence-electron chi connectivity index (χ1n) is 8.01. The summed E-state index contributed by atoms with van der Waals surface area (Å²) >= 11 is 6.28. The summed E-state index contributed by atoms with van der Waals surface area (Å²) in [4.78, 5) is 17.3. The van der Waals surface area contributed by atoms with E-state index in [0.29, 0.717) is 35.2 Å². The molecule has 1 saturated carbocycles. The van der Waals surface area contributed by atoms with E-state index < -0.39 is 0 Å². The molecule has 0 spiro atoms. The fraction of sp³-hybridized carbons (Fsp3) is 0.600. The van der Waals surface area contributed by atoms with E-state index in [1.54, 1.807) is 6.20 Å². The highest BCUT2D eigenvalue weighted by molar-refractivity contribution is 6.32. The zero-order chi connectivity index (χ0) is 16.7. The average Bonchev–Trinajstić information content (AvgIpc) is 3.34. The van der Waals surface area contributed by atoms with Crippen molar-refractivity contribution in [1.82, 2.24) is 25.0 Å². The number of likely N-dealkylation sites (N-methyl/N-ethyl adjacent to an activating group) is 1. The summed E-state index contributed by atoms with van der Waals surface area (Å²) in [5.74, 6) is 2.63. The van der Waals surface area contributed by atoms with Gasteiger partial charge in [-0.3, -0.25) is 4.90 Å². The van der Waals surface area contributed by atoms with Crippen LogP contribution in [0, 0.1) is 0 Å². The minimum Gasteiger partial charge on any atom is -0.467 e. The molecule has 2 aromatic rings. The highest BCUT2D eigenvalue weighted by Gasteiger charge is 2.34. The molecule has 24 heavy (non-hydrogen) atoms. The van der Waals surface area contributed by atoms with E-state index in [-0.39, 0.29) is 6.04 Å². The van der Waals surface area contributed by atoms with Gasteiger partial charge in [0.25, 0.3) is 0 Å². The molecule has 0 N–H and O–H groups in total. The second kappa shape index (κ2) is 6.18. The molecule has 0 unspecified atom stereocenters. The summed E-state index contributed by atoms with van der Waals surface area (Å²) in [5, 5.41) is 4.63. The van der Waals surface area contributed by atoms with Crippen LogP contribution in [0.2, 0.25) is 5.02 Å². The monoisotopic (exact) mass is 350 g/mol. The zero-order valence-electron chi connectivity index (χ0n) is 13.6. The van der Waals surface area contributed by atoms with Crippen molar-refractivity contribution in [3.8, 4) is 6.01 Å². The molecule has 0 bridgehead atoms. The van der Waals surface area contributed by atoms with E-state index in [1.165, 1.54) is 7.11 Å². The van der Waals surface area contributed by atoms with Crippen molar-refractivity contribution in [3.05, 3.63) is 22.9 Å². The van der Waals surface area contributed by atoms with Crippen LogP contribution in [0.1, 0.15) is 36.5 Å². The van der Waals surface area contributed by atoms with Gasteiger partial charge in [0.05, 0.1) is 13.3 Å². The number of aromatic nitrogens is 4. The molecular weight excluding hydrogens is 332 g/mol. The smallest absolute Gasteiger partial charge is 0.318 e. The Kier molecular flexibility index (Phi) is 4.01. The van der Waals surface area contributed by atoms with Gasteiger partial charge in [-0.25, -0.2) is 4.98 Å². The van der Waals surface area contributed by atoms with Crippen molar-refractivity contribution in [3.63, 3.8) is 0 Å². The van der Waals surface area contributed by atoms with Crippen LogP contribution < -0.4 is 9.64 Å². The van der Waals surface area contributed by atoms with Gasteiger partial charge in [-0.2, -0.15) is 9.97 Å². The second-order valence-corrected chi connectivity index (χ2v) is 6.64. The van der Waals surface area contributed by atoms with E-state index >= 15 is 0 Å². The highest BCUT2D eigenvalue weighted by Crippen LogP contribution is 2.39. The molecule has 2 aliphatic rings. The Morgan fingerprint density at radius 3 is 2.88 bits per heavy atom. The van der Waals surface area contributed by atoms with E-state index in [9.17, 15) is 0 Å². The summed E-state index contributed by atoms with van der Waals surface area (Å²) in [6.45, 7) is 2.31. The van der Waals surface area contributed by atoms with Gasteiger partial charge in [-0.05, 0) is 19.9 Å². The number of halogens is 1. The van der Waals surface area contributed by atoms with E-state index in [0.717, 1.165) is 31.8 Å². The minimum atomic E-state index is 0.00998. The molecule has 128 valence electrons. The van der Waals surface area contributed by atoms with Crippen molar-refractivity contribution in [1.29, 1.82) is 0 Å². The van der Waals surface area contributed by atoms with Gasteiger partial charge in [0.2, 0.25) is 5.89 Å². The third kappa shape index (κ3) is 2.91. The predicted molar refractivity (Wildman–Crippen MR) is 87.5 cm³/mol. The molecular formula is C15H19ClN6O2. The van der Waals surface area contributed by atoms with Gasteiger partial charge in [0, 0.05) is 25.6 Å². The lowest BCUT2D eigenvalue weighted by atomic mass is 10.1. The number of anilines is 1. The topological polar surface area (TPSA) is 80.4 Å². The SMILES string of the molecule is COc1ncc(Cl)c(N2CCN(C)[C@H](c3nc(C4CC4)no3)C2)n1. The summed E-state index contributed by atoms with van der Waals surface area (Å²) in [6.07, 6.45) is 3.87. The summed E-state index contributed by atoms with van der Waals surface area (Å²) < 4.78 is 10.6. The standard InChI is InChI=1S/C15H19ClN6O2/c1-21-5-6-22(13-10(16)7-17-15(19-13)23-2)8-11(21)14-18-12(20-24-14)9-3-4-9/h7,9,11H,3-6,8H2,1-2H3/t11-/m0/s1. The number of piperazine rings is 1. The Labute approximate surface area is 144 Å². The Balaban J connectivity index is 1.58. The Morgan fingerprint density at radius 2 is 2.12 bits per heavy atom. The minimum absolute atomic E-state index is 0.00998. The largest absolute Gasteiger partial charge is 0.467 e. The molecule has 1 aliphatic heterocycles. The van der Waals surface area contributed by atoms with Gasteiger partial charge >= 0.3 is 6.01 Å². The highest BCUT2D eigenvalue weighted by atomic mass is 35.5. The maximum Gasteiger partial charge on any atom is 0.318 e. The average molecular weight is 351 g/mol. The van der Waals surface area contributed by atoms with Gasteiger partial charge in [0.1, 0.15) is 11.1 Å². The molecule has 9 heteroatoms. The number of nitrogens with zero attached hydrogens (tertiary/aromatic N) is 6. The van der Waals surface area contributed by atoms with Gasteiger partial charge in [-0.15, -0.1) is 0 Å². The normalized spacial score (nSPS) is 22.0.